The van der Waals surface area contributed by atoms with Crippen molar-refractivity contribution in [1.29, 1.82) is 0 Å². The third-order valence-electron chi connectivity index (χ3n) is 4.29. The Morgan fingerprint density at radius 3 is 3.04 bits per heavy atom. The summed E-state index contributed by atoms with van der Waals surface area (Å²) in [4.78, 5) is 26.1. The molecule has 0 aliphatic carbocycles. The van der Waals surface area contributed by atoms with Crippen LogP contribution in [0.4, 0.5) is 5.69 Å². The first-order valence-electron chi connectivity index (χ1n) is 8.38. The lowest BCUT2D eigenvalue weighted by Crippen LogP contribution is -2.37. The number of hydrogen-bond acceptors (Lipinski definition) is 4. The van der Waals surface area contributed by atoms with Crippen molar-refractivity contribution in [1.82, 2.24) is 15.5 Å². The van der Waals surface area contributed by atoms with Crippen LogP contribution in [0, 0.1) is 0 Å². The molecule has 0 unspecified atom stereocenters. The zero-order valence-electron chi connectivity index (χ0n) is 14.2. The van der Waals surface area contributed by atoms with Gasteiger partial charge in [-0.15, -0.1) is 0 Å². The first-order chi connectivity index (χ1) is 12.2. The number of methoxy groups -OCH3 is 1. The number of benzene rings is 1. The second-order valence-corrected chi connectivity index (χ2v) is 6.10. The van der Waals surface area contributed by atoms with E-state index in [9.17, 15) is 9.59 Å². The zero-order valence-corrected chi connectivity index (χ0v) is 14.2. The van der Waals surface area contributed by atoms with Crippen molar-refractivity contribution in [2.45, 2.75) is 31.7 Å². The molecule has 0 bridgehead atoms. The molecule has 1 aliphatic rings. The Morgan fingerprint density at radius 1 is 1.44 bits per heavy atom. The summed E-state index contributed by atoms with van der Waals surface area (Å²) in [5.41, 5.74) is 1.83. The summed E-state index contributed by atoms with van der Waals surface area (Å²) in [7, 11) is 1.58. The Kier molecular flexibility index (Phi) is 5.33. The second-order valence-electron chi connectivity index (χ2n) is 6.10. The number of aromatic amines is 1. The summed E-state index contributed by atoms with van der Waals surface area (Å²) in [5.74, 6) is 0.624. The number of nitrogens with one attached hydrogen (secondary N) is 2. The lowest BCUT2D eigenvalue weighted by Gasteiger charge is -2.19. The van der Waals surface area contributed by atoms with Gasteiger partial charge in [-0.05, 0) is 30.5 Å². The number of carbonyl (C=O) groups excluding carboxylic acids is 2. The number of para-hydroxylation sites is 2. The highest BCUT2D eigenvalue weighted by molar-refractivity contribution is 5.98. The highest BCUT2D eigenvalue weighted by atomic mass is 16.5. The number of amides is 2. The third-order valence-corrected chi connectivity index (χ3v) is 4.29. The van der Waals surface area contributed by atoms with Gasteiger partial charge < -0.3 is 15.0 Å². The van der Waals surface area contributed by atoms with E-state index in [0.717, 1.165) is 24.1 Å². The van der Waals surface area contributed by atoms with Crippen molar-refractivity contribution >= 4 is 17.5 Å². The second kappa shape index (κ2) is 7.83. The summed E-state index contributed by atoms with van der Waals surface area (Å²) >= 11 is 0. The minimum Gasteiger partial charge on any atom is -0.495 e. The van der Waals surface area contributed by atoms with E-state index in [-0.39, 0.29) is 17.9 Å². The van der Waals surface area contributed by atoms with Crippen LogP contribution in [0.1, 0.15) is 24.8 Å². The van der Waals surface area contributed by atoms with Gasteiger partial charge in [0.25, 0.3) is 0 Å². The normalized spacial score (nSPS) is 16.9. The number of rotatable bonds is 7. The van der Waals surface area contributed by atoms with Crippen LogP contribution in [0.15, 0.2) is 36.7 Å². The third kappa shape index (κ3) is 4.17. The average Bonchev–Trinajstić information content (AvgIpc) is 3.24. The Labute approximate surface area is 146 Å². The van der Waals surface area contributed by atoms with Crippen molar-refractivity contribution < 1.29 is 14.3 Å². The molecule has 7 heteroatoms. The first-order valence-corrected chi connectivity index (χ1v) is 8.38. The van der Waals surface area contributed by atoms with Gasteiger partial charge in [-0.3, -0.25) is 14.7 Å². The van der Waals surface area contributed by atoms with Crippen molar-refractivity contribution in [3.63, 3.8) is 0 Å². The Hall–Kier alpha value is -2.83. The molecule has 7 nitrogen and oxygen atoms in total. The molecule has 25 heavy (non-hydrogen) atoms. The number of H-pyrrole nitrogens is 1. The van der Waals surface area contributed by atoms with E-state index in [1.165, 1.54) is 0 Å². The highest BCUT2D eigenvalue weighted by Gasteiger charge is 2.32. The van der Waals surface area contributed by atoms with Gasteiger partial charge in [0.15, 0.2) is 0 Å². The maximum atomic E-state index is 12.3. The predicted molar refractivity (Wildman–Crippen MR) is 93.4 cm³/mol. The van der Waals surface area contributed by atoms with Crippen LogP contribution in [0.5, 0.6) is 5.75 Å². The molecule has 2 amide bonds. The number of aryl methyl sites for hydroxylation is 1. The molecule has 2 aromatic rings. The molecule has 0 spiro atoms. The van der Waals surface area contributed by atoms with Gasteiger partial charge in [-0.1, -0.05) is 12.1 Å². The van der Waals surface area contributed by atoms with E-state index >= 15 is 0 Å². The van der Waals surface area contributed by atoms with Gasteiger partial charge >= 0.3 is 0 Å². The van der Waals surface area contributed by atoms with E-state index in [0.29, 0.717) is 25.1 Å². The van der Waals surface area contributed by atoms with Crippen molar-refractivity contribution in [2.24, 2.45) is 0 Å². The van der Waals surface area contributed by atoms with Gasteiger partial charge in [-0.25, -0.2) is 0 Å². The molecular formula is C18H22N4O3. The van der Waals surface area contributed by atoms with Crippen molar-refractivity contribution in [2.75, 3.05) is 18.6 Å². The molecule has 1 aliphatic heterocycles. The molecule has 3 rings (SSSR count). The molecule has 2 N–H and O–H groups in total. The van der Waals surface area contributed by atoms with E-state index in [1.54, 1.807) is 18.2 Å². The predicted octanol–water partition coefficient (Wildman–Crippen LogP) is 1.66. The lowest BCUT2D eigenvalue weighted by atomic mass is 10.1. The number of ether oxygens (including phenoxy) is 1. The average molecular weight is 342 g/mol. The van der Waals surface area contributed by atoms with Crippen LogP contribution in [-0.2, 0) is 16.0 Å². The van der Waals surface area contributed by atoms with Crippen LogP contribution in [0.25, 0.3) is 0 Å². The van der Waals surface area contributed by atoms with Crippen LogP contribution in [0.3, 0.4) is 0 Å². The fourth-order valence-corrected chi connectivity index (χ4v) is 3.06. The molecule has 0 radical (unpaired) electrons. The van der Waals surface area contributed by atoms with Gasteiger partial charge in [0.05, 0.1) is 25.0 Å². The smallest absolute Gasteiger partial charge is 0.229 e. The number of anilines is 1. The number of hydrogen-bond donors (Lipinski definition) is 2. The van der Waals surface area contributed by atoms with E-state index in [4.69, 9.17) is 4.74 Å². The summed E-state index contributed by atoms with van der Waals surface area (Å²) in [6.45, 7) is 0.465. The molecular weight excluding hydrogens is 320 g/mol. The van der Waals surface area contributed by atoms with Gasteiger partial charge in [0, 0.05) is 25.6 Å². The molecule has 2 heterocycles. The summed E-state index contributed by atoms with van der Waals surface area (Å²) in [5, 5.41) is 9.60. The van der Waals surface area contributed by atoms with Crippen LogP contribution >= 0.6 is 0 Å². The topological polar surface area (TPSA) is 87.3 Å². The minimum absolute atomic E-state index is 0.00630. The zero-order chi connectivity index (χ0) is 17.6. The number of nitrogens with zero attached hydrogens (tertiary/aromatic N) is 2. The molecule has 0 saturated carbocycles. The summed E-state index contributed by atoms with van der Waals surface area (Å²) < 4.78 is 5.32. The molecule has 1 aromatic heterocycles. The maximum absolute atomic E-state index is 12.3. The quantitative estimate of drug-likeness (QED) is 0.801. The molecule has 1 fully saturated rings. The highest BCUT2D eigenvalue weighted by Crippen LogP contribution is 2.30. The standard InChI is InChI=1S/C18H22N4O3/c1-25-16-7-3-2-6-15(16)22-12-14(9-18(22)24)21-17(23)8-4-5-13-10-19-20-11-13/h2-3,6-7,10-11,14H,4-5,8-9,12H2,1H3,(H,19,20)(H,21,23)/t14-/m0/s1. The van der Waals surface area contributed by atoms with Crippen molar-refractivity contribution in [3.8, 4) is 5.75 Å². The van der Waals surface area contributed by atoms with Crippen LogP contribution in [0.2, 0.25) is 0 Å². The SMILES string of the molecule is COc1ccccc1N1C[C@@H](NC(=O)CCCc2cn[nH]c2)CC1=O. The Balaban J connectivity index is 1.51. The van der Waals surface area contributed by atoms with Gasteiger partial charge in [-0.2, -0.15) is 5.10 Å². The largest absolute Gasteiger partial charge is 0.495 e. The van der Waals surface area contributed by atoms with Gasteiger partial charge in [0.1, 0.15) is 5.75 Å². The van der Waals surface area contributed by atoms with E-state index in [1.807, 2.05) is 30.5 Å². The lowest BCUT2D eigenvalue weighted by molar-refractivity contribution is -0.121. The van der Waals surface area contributed by atoms with Gasteiger partial charge in [0.2, 0.25) is 11.8 Å². The summed E-state index contributed by atoms with van der Waals surface area (Å²) in [6.07, 6.45) is 5.90. The van der Waals surface area contributed by atoms with E-state index in [2.05, 4.69) is 15.5 Å². The maximum Gasteiger partial charge on any atom is 0.229 e. The molecule has 1 aromatic carbocycles. The number of carbonyl (C=O) groups is 2. The fraction of sp³-hybridized carbons (Fsp3) is 0.389. The van der Waals surface area contributed by atoms with Crippen molar-refractivity contribution in [3.05, 3.63) is 42.2 Å². The fourth-order valence-electron chi connectivity index (χ4n) is 3.06. The first kappa shape index (κ1) is 17.0. The minimum atomic E-state index is -0.168. The summed E-state index contributed by atoms with van der Waals surface area (Å²) in [6, 6.07) is 7.24. The molecule has 1 atom stereocenters. The van der Waals surface area contributed by atoms with Crippen LogP contribution < -0.4 is 15.0 Å². The molecule has 132 valence electrons. The Bertz CT molecular complexity index is 730. The Morgan fingerprint density at radius 2 is 2.28 bits per heavy atom. The van der Waals surface area contributed by atoms with E-state index < -0.39 is 0 Å². The van der Waals surface area contributed by atoms with Crippen LogP contribution in [-0.4, -0.2) is 41.7 Å². The monoisotopic (exact) mass is 342 g/mol. The molecule has 1 saturated heterocycles. The number of aromatic nitrogens is 2.